The number of rotatable bonds is 3. The van der Waals surface area contributed by atoms with Gasteiger partial charge < -0.3 is 0 Å². The summed E-state index contributed by atoms with van der Waals surface area (Å²) in [5.74, 6) is 0. The van der Waals surface area contributed by atoms with Gasteiger partial charge in [0.25, 0.3) is 0 Å². The Kier molecular flexibility index (Phi) is 4.19. The molecule has 0 saturated heterocycles. The molecule has 0 aliphatic carbocycles. The van der Waals surface area contributed by atoms with Crippen molar-refractivity contribution in [2.45, 2.75) is 19.4 Å². The molecule has 0 bridgehead atoms. The Hall–Kier alpha value is 0.842. The first-order valence-corrected chi connectivity index (χ1v) is 4.32. The fraction of sp³-hybridized carbons (Fsp3) is 1.00. The van der Waals surface area contributed by atoms with Crippen molar-refractivity contribution in [2.75, 3.05) is 13.7 Å². The average Bonchev–Trinajstić information content (AvgIpc) is 1.67. The molecule has 0 aromatic heterocycles. The van der Waals surface area contributed by atoms with Crippen molar-refractivity contribution in [3.63, 3.8) is 0 Å². The topological polar surface area (TPSA) is 18.5 Å². The van der Waals surface area contributed by atoms with E-state index in [0.29, 0.717) is 32.8 Å². The SMILES string of the molecule is COCC(C)(C)[O][PbH]. The van der Waals surface area contributed by atoms with Gasteiger partial charge in [-0.25, -0.2) is 0 Å². The Labute approximate surface area is 66.9 Å². The summed E-state index contributed by atoms with van der Waals surface area (Å²) in [6, 6.07) is 0. The number of hydrogen-bond acceptors (Lipinski definition) is 2. The quantitative estimate of drug-likeness (QED) is 0.696. The predicted octanol–water partition coefficient (Wildman–Crippen LogP) is 0.244. The molecule has 0 fully saturated rings. The van der Waals surface area contributed by atoms with E-state index in [4.69, 9.17) is 7.42 Å². The molecule has 48 valence electrons. The van der Waals surface area contributed by atoms with E-state index in [1.54, 1.807) is 7.11 Å². The molecule has 0 heterocycles. The summed E-state index contributed by atoms with van der Waals surface area (Å²) in [5, 5.41) is 0. The van der Waals surface area contributed by atoms with E-state index in [2.05, 4.69) is 0 Å². The third-order valence-electron chi connectivity index (χ3n) is 0.811. The Balaban J connectivity index is 3.37. The van der Waals surface area contributed by atoms with Gasteiger partial charge in [0.2, 0.25) is 0 Å². The van der Waals surface area contributed by atoms with Gasteiger partial charge in [-0.1, -0.05) is 0 Å². The van der Waals surface area contributed by atoms with Gasteiger partial charge in [0, 0.05) is 0 Å². The second-order valence-electron chi connectivity index (χ2n) is 2.31. The molecule has 0 spiro atoms. The first-order chi connectivity index (χ1) is 3.62. The van der Waals surface area contributed by atoms with E-state index in [1.165, 1.54) is 0 Å². The van der Waals surface area contributed by atoms with Gasteiger partial charge in [-0.05, 0) is 0 Å². The van der Waals surface area contributed by atoms with Gasteiger partial charge in [-0.2, -0.15) is 0 Å². The molecule has 0 aliphatic rings. The van der Waals surface area contributed by atoms with Gasteiger partial charge in [0.1, 0.15) is 0 Å². The van der Waals surface area contributed by atoms with Crippen molar-refractivity contribution >= 4 is 26.2 Å². The van der Waals surface area contributed by atoms with Crippen LogP contribution in [0.4, 0.5) is 0 Å². The third kappa shape index (κ3) is 3.80. The van der Waals surface area contributed by atoms with E-state index in [9.17, 15) is 0 Å². The van der Waals surface area contributed by atoms with Crippen molar-refractivity contribution in [2.24, 2.45) is 0 Å². The zero-order valence-electron chi connectivity index (χ0n) is 5.60. The molecule has 8 heavy (non-hydrogen) atoms. The minimum absolute atomic E-state index is 0.0561. The molecule has 0 N–H and O–H groups in total. The van der Waals surface area contributed by atoms with Gasteiger partial charge in [0.15, 0.2) is 0 Å². The van der Waals surface area contributed by atoms with Crippen LogP contribution >= 0.6 is 0 Å². The molecular weight excluding hydrogens is 299 g/mol. The third-order valence-corrected chi connectivity index (χ3v) is 3.29. The van der Waals surface area contributed by atoms with Gasteiger partial charge in [-0.15, -0.1) is 0 Å². The molecule has 0 amide bonds. The van der Waals surface area contributed by atoms with Crippen LogP contribution < -0.4 is 0 Å². The Morgan fingerprint density at radius 2 is 2.00 bits per heavy atom. The number of ether oxygens (including phenoxy) is 1. The molecule has 0 saturated carbocycles. The van der Waals surface area contributed by atoms with E-state index in [-0.39, 0.29) is 5.60 Å². The van der Waals surface area contributed by atoms with Crippen LogP contribution in [0.25, 0.3) is 0 Å². The van der Waals surface area contributed by atoms with E-state index < -0.39 is 0 Å². The van der Waals surface area contributed by atoms with E-state index in [1.807, 2.05) is 13.8 Å². The van der Waals surface area contributed by atoms with Crippen molar-refractivity contribution in [3.8, 4) is 0 Å². The zero-order valence-corrected chi connectivity index (χ0v) is 10.1. The van der Waals surface area contributed by atoms with Crippen LogP contribution in [-0.2, 0) is 7.42 Å². The van der Waals surface area contributed by atoms with Crippen LogP contribution in [0.2, 0.25) is 0 Å². The van der Waals surface area contributed by atoms with E-state index >= 15 is 0 Å². The van der Waals surface area contributed by atoms with E-state index in [0.717, 1.165) is 0 Å². The van der Waals surface area contributed by atoms with Crippen LogP contribution in [0.1, 0.15) is 13.8 Å². The van der Waals surface area contributed by atoms with Crippen LogP contribution in [0.15, 0.2) is 0 Å². The summed E-state index contributed by atoms with van der Waals surface area (Å²) in [7, 11) is 1.69. The first kappa shape index (κ1) is 8.84. The number of hydrogen-bond donors (Lipinski definition) is 0. The predicted molar refractivity (Wildman–Crippen MR) is 34.2 cm³/mol. The molecule has 2 nitrogen and oxygen atoms in total. The molecule has 0 rings (SSSR count). The summed E-state index contributed by atoms with van der Waals surface area (Å²) in [5.41, 5.74) is -0.0561. The zero-order chi connectivity index (χ0) is 6.62. The molecular formula is C5H12O2Pb. The average molecular weight is 311 g/mol. The molecule has 0 unspecified atom stereocenters. The van der Waals surface area contributed by atoms with Crippen LogP contribution in [-0.4, -0.2) is 45.5 Å². The van der Waals surface area contributed by atoms with Crippen molar-refractivity contribution in [1.29, 1.82) is 0 Å². The maximum atomic E-state index is 5.22. The van der Waals surface area contributed by atoms with Crippen molar-refractivity contribution in [3.05, 3.63) is 0 Å². The van der Waals surface area contributed by atoms with Gasteiger partial charge in [0.05, 0.1) is 0 Å². The summed E-state index contributed by atoms with van der Waals surface area (Å²) in [6.07, 6.45) is 0. The molecule has 0 aliphatic heterocycles. The molecule has 0 atom stereocenters. The fourth-order valence-corrected chi connectivity index (χ4v) is 0.646. The molecule has 0 aromatic rings. The standard InChI is InChI=1S/C5H11O2.Pb.H/c1-5(2,6)4-7-3;;/h4H2,1-3H3;;/q-1;+1;. The summed E-state index contributed by atoms with van der Waals surface area (Å²) in [4.78, 5) is 0. The monoisotopic (exact) mass is 312 g/mol. The maximum absolute atomic E-state index is 5.22. The second-order valence-corrected chi connectivity index (χ2v) is 3.23. The van der Waals surface area contributed by atoms with Crippen molar-refractivity contribution in [1.82, 2.24) is 0 Å². The molecule has 0 aromatic carbocycles. The van der Waals surface area contributed by atoms with Crippen molar-refractivity contribution < 1.29 is 7.42 Å². The summed E-state index contributed by atoms with van der Waals surface area (Å²) < 4.78 is 10.1. The molecule has 3 heteroatoms. The van der Waals surface area contributed by atoms with Crippen LogP contribution in [0, 0.1) is 0 Å². The second kappa shape index (κ2) is 3.79. The fourth-order valence-electron chi connectivity index (χ4n) is 0.382. The molecule has 2 radical (unpaired) electrons. The van der Waals surface area contributed by atoms with Gasteiger partial charge >= 0.3 is 66.8 Å². The summed E-state index contributed by atoms with van der Waals surface area (Å²) in [6.45, 7) is 4.73. The van der Waals surface area contributed by atoms with Gasteiger partial charge in [-0.3, -0.25) is 0 Å². The van der Waals surface area contributed by atoms with Crippen LogP contribution in [0.3, 0.4) is 0 Å². The normalized spacial score (nSPS) is 12.0. The Bertz CT molecular complexity index is 63.4. The minimum atomic E-state index is -0.0561. The number of methoxy groups -OCH3 is 1. The summed E-state index contributed by atoms with van der Waals surface area (Å²) >= 11 is 0.602. The first-order valence-electron chi connectivity index (χ1n) is 2.49. The van der Waals surface area contributed by atoms with Crippen LogP contribution in [0.5, 0.6) is 0 Å². The Morgan fingerprint density at radius 1 is 1.50 bits per heavy atom. The Morgan fingerprint density at radius 3 is 2.12 bits per heavy atom.